The van der Waals surface area contributed by atoms with E-state index in [1.165, 1.54) is 0 Å². The van der Waals surface area contributed by atoms with Crippen LogP contribution in [0.5, 0.6) is 5.75 Å². The van der Waals surface area contributed by atoms with Gasteiger partial charge in [-0.05, 0) is 25.0 Å². The summed E-state index contributed by atoms with van der Waals surface area (Å²) in [4.78, 5) is 0. The van der Waals surface area contributed by atoms with Crippen LogP contribution in [0.4, 0.5) is 0 Å². The lowest BCUT2D eigenvalue weighted by Gasteiger charge is -2.08. The van der Waals surface area contributed by atoms with Crippen LogP contribution in [-0.2, 0) is 6.42 Å². The molecule has 0 atom stereocenters. The normalized spacial score (nSPS) is 9.79. The van der Waals surface area contributed by atoms with Crippen LogP contribution in [0.1, 0.15) is 18.9 Å². The average Bonchev–Trinajstić information content (AvgIpc) is 2.17. The molecule has 0 bridgehead atoms. The molecule has 0 aliphatic carbocycles. The van der Waals surface area contributed by atoms with Gasteiger partial charge in [-0.2, -0.15) is 0 Å². The minimum absolute atomic E-state index is 0.219. The molecule has 0 radical (unpaired) electrons. The van der Waals surface area contributed by atoms with Gasteiger partial charge in [0.2, 0.25) is 0 Å². The molecule has 3 heteroatoms. The fourth-order valence-electron chi connectivity index (χ4n) is 1.28. The van der Waals surface area contributed by atoms with E-state index in [-0.39, 0.29) is 5.84 Å². The lowest BCUT2D eigenvalue weighted by Crippen LogP contribution is -2.10. The number of nitrogens with two attached hydrogens (primary N) is 1. The second-order valence-corrected chi connectivity index (χ2v) is 3.07. The molecule has 0 saturated carbocycles. The maximum atomic E-state index is 7.15. The van der Waals surface area contributed by atoms with Gasteiger partial charge >= 0.3 is 0 Å². The maximum absolute atomic E-state index is 7.15. The molecule has 0 aliphatic heterocycles. The Balaban J connectivity index is 2.68. The first-order chi connectivity index (χ1) is 6.74. The number of nitrogens with one attached hydrogen (secondary N) is 1. The molecule has 1 aromatic rings. The van der Waals surface area contributed by atoms with Crippen LogP contribution in [0.15, 0.2) is 24.3 Å². The molecule has 1 aromatic carbocycles. The standard InChI is InChI=1S/C11H16N2O/c1-2-14-10-6-4-3-5-9(10)7-8-11(12)13/h3-6H,2,7-8H2,1H3,(H3,12,13). The summed E-state index contributed by atoms with van der Waals surface area (Å²) >= 11 is 0. The summed E-state index contributed by atoms with van der Waals surface area (Å²) in [6, 6.07) is 7.87. The van der Waals surface area contributed by atoms with Crippen LogP contribution >= 0.6 is 0 Å². The second-order valence-electron chi connectivity index (χ2n) is 3.07. The highest BCUT2D eigenvalue weighted by atomic mass is 16.5. The van der Waals surface area contributed by atoms with Gasteiger partial charge in [-0.3, -0.25) is 5.41 Å². The van der Waals surface area contributed by atoms with Crippen molar-refractivity contribution in [3.8, 4) is 5.75 Å². The first-order valence-corrected chi connectivity index (χ1v) is 4.77. The topological polar surface area (TPSA) is 59.1 Å². The molecule has 0 saturated heterocycles. The summed E-state index contributed by atoms with van der Waals surface area (Å²) in [6.45, 7) is 2.62. The van der Waals surface area contributed by atoms with Crippen molar-refractivity contribution in [2.24, 2.45) is 5.73 Å². The molecule has 0 heterocycles. The van der Waals surface area contributed by atoms with Crippen LogP contribution in [0.2, 0.25) is 0 Å². The fourth-order valence-corrected chi connectivity index (χ4v) is 1.28. The van der Waals surface area contributed by atoms with Crippen molar-refractivity contribution in [3.63, 3.8) is 0 Å². The van der Waals surface area contributed by atoms with Crippen molar-refractivity contribution < 1.29 is 4.74 Å². The van der Waals surface area contributed by atoms with E-state index in [0.29, 0.717) is 13.0 Å². The summed E-state index contributed by atoms with van der Waals surface area (Å²) in [6.07, 6.45) is 1.36. The minimum atomic E-state index is 0.219. The molecule has 0 aliphatic rings. The van der Waals surface area contributed by atoms with E-state index in [1.807, 2.05) is 31.2 Å². The van der Waals surface area contributed by atoms with Crippen LogP contribution in [0.25, 0.3) is 0 Å². The van der Waals surface area contributed by atoms with E-state index in [0.717, 1.165) is 17.7 Å². The SMILES string of the molecule is CCOc1ccccc1CCC(=N)N. The summed E-state index contributed by atoms with van der Waals surface area (Å²) in [5, 5.41) is 7.15. The monoisotopic (exact) mass is 192 g/mol. The molecule has 0 aromatic heterocycles. The maximum Gasteiger partial charge on any atom is 0.122 e. The van der Waals surface area contributed by atoms with Gasteiger partial charge < -0.3 is 10.5 Å². The molecule has 0 amide bonds. The highest BCUT2D eigenvalue weighted by Crippen LogP contribution is 2.19. The number of ether oxygens (including phenoxy) is 1. The highest BCUT2D eigenvalue weighted by molar-refractivity contribution is 5.77. The van der Waals surface area contributed by atoms with Crippen LogP contribution in [-0.4, -0.2) is 12.4 Å². The largest absolute Gasteiger partial charge is 0.494 e. The number of rotatable bonds is 5. The number of para-hydroxylation sites is 1. The Morgan fingerprint density at radius 2 is 2.14 bits per heavy atom. The van der Waals surface area contributed by atoms with Gasteiger partial charge in [0.1, 0.15) is 5.75 Å². The molecule has 0 spiro atoms. The number of aryl methyl sites for hydroxylation is 1. The van der Waals surface area contributed by atoms with Crippen LogP contribution < -0.4 is 10.5 Å². The molecule has 3 nitrogen and oxygen atoms in total. The van der Waals surface area contributed by atoms with Gasteiger partial charge in [0.15, 0.2) is 0 Å². The Bertz CT molecular complexity index is 310. The Kier molecular flexibility index (Phi) is 3.98. The minimum Gasteiger partial charge on any atom is -0.494 e. The zero-order valence-corrected chi connectivity index (χ0v) is 8.42. The number of hydrogen-bond donors (Lipinski definition) is 2. The first kappa shape index (κ1) is 10.6. The number of hydrogen-bond acceptors (Lipinski definition) is 2. The van der Waals surface area contributed by atoms with E-state index >= 15 is 0 Å². The third-order valence-corrected chi connectivity index (χ3v) is 1.94. The Hall–Kier alpha value is -1.51. The zero-order chi connectivity index (χ0) is 10.4. The van der Waals surface area contributed by atoms with Crippen molar-refractivity contribution in [3.05, 3.63) is 29.8 Å². The van der Waals surface area contributed by atoms with Crippen molar-refractivity contribution >= 4 is 5.84 Å². The van der Waals surface area contributed by atoms with Crippen LogP contribution in [0, 0.1) is 5.41 Å². The van der Waals surface area contributed by atoms with E-state index in [1.54, 1.807) is 0 Å². The third-order valence-electron chi connectivity index (χ3n) is 1.94. The summed E-state index contributed by atoms with van der Waals surface area (Å²) in [5.41, 5.74) is 6.42. The smallest absolute Gasteiger partial charge is 0.122 e. The molecule has 14 heavy (non-hydrogen) atoms. The quantitative estimate of drug-likeness (QED) is 0.553. The number of amidine groups is 1. The van der Waals surface area contributed by atoms with Gasteiger partial charge in [-0.25, -0.2) is 0 Å². The Morgan fingerprint density at radius 3 is 2.79 bits per heavy atom. The summed E-state index contributed by atoms with van der Waals surface area (Å²) in [5.74, 6) is 1.12. The lowest BCUT2D eigenvalue weighted by atomic mass is 10.1. The lowest BCUT2D eigenvalue weighted by molar-refractivity contribution is 0.336. The van der Waals surface area contributed by atoms with Crippen molar-refractivity contribution in [1.29, 1.82) is 5.41 Å². The van der Waals surface area contributed by atoms with Crippen molar-refractivity contribution in [2.75, 3.05) is 6.61 Å². The molecule has 0 fully saturated rings. The van der Waals surface area contributed by atoms with Crippen molar-refractivity contribution in [2.45, 2.75) is 19.8 Å². The molecular formula is C11H16N2O. The Labute approximate surface area is 84.4 Å². The van der Waals surface area contributed by atoms with E-state index in [4.69, 9.17) is 15.9 Å². The Morgan fingerprint density at radius 1 is 1.43 bits per heavy atom. The highest BCUT2D eigenvalue weighted by Gasteiger charge is 2.02. The predicted octanol–water partition coefficient (Wildman–Crippen LogP) is 1.95. The second kappa shape index (κ2) is 5.27. The molecule has 76 valence electrons. The van der Waals surface area contributed by atoms with Crippen molar-refractivity contribution in [1.82, 2.24) is 0 Å². The van der Waals surface area contributed by atoms with Gasteiger partial charge in [0.25, 0.3) is 0 Å². The van der Waals surface area contributed by atoms with E-state index < -0.39 is 0 Å². The fraction of sp³-hybridized carbons (Fsp3) is 0.364. The summed E-state index contributed by atoms with van der Waals surface area (Å²) < 4.78 is 5.46. The van der Waals surface area contributed by atoms with Gasteiger partial charge in [-0.15, -0.1) is 0 Å². The molecular weight excluding hydrogens is 176 g/mol. The molecule has 0 unspecified atom stereocenters. The molecule has 1 rings (SSSR count). The van der Waals surface area contributed by atoms with Gasteiger partial charge in [0, 0.05) is 6.42 Å². The van der Waals surface area contributed by atoms with E-state index in [2.05, 4.69) is 0 Å². The zero-order valence-electron chi connectivity index (χ0n) is 8.42. The summed E-state index contributed by atoms with van der Waals surface area (Å²) in [7, 11) is 0. The third kappa shape index (κ3) is 3.09. The molecule has 3 N–H and O–H groups in total. The van der Waals surface area contributed by atoms with Gasteiger partial charge in [0.05, 0.1) is 12.4 Å². The first-order valence-electron chi connectivity index (χ1n) is 4.77. The van der Waals surface area contributed by atoms with E-state index in [9.17, 15) is 0 Å². The number of benzene rings is 1. The van der Waals surface area contributed by atoms with Crippen LogP contribution in [0.3, 0.4) is 0 Å². The predicted molar refractivity (Wildman–Crippen MR) is 57.8 cm³/mol. The average molecular weight is 192 g/mol. The van der Waals surface area contributed by atoms with Gasteiger partial charge in [-0.1, -0.05) is 18.2 Å².